The second-order valence-corrected chi connectivity index (χ2v) is 4.58. The monoisotopic (exact) mass is 236 g/mol. The third-order valence-corrected chi connectivity index (χ3v) is 3.41. The van der Waals surface area contributed by atoms with E-state index in [2.05, 4.69) is 0 Å². The highest BCUT2D eigenvalue weighted by molar-refractivity contribution is 5.78. The van der Waals surface area contributed by atoms with Gasteiger partial charge in [0.25, 0.3) is 0 Å². The van der Waals surface area contributed by atoms with Crippen LogP contribution in [0, 0.1) is 5.82 Å². The summed E-state index contributed by atoms with van der Waals surface area (Å²) in [5.74, 6) is 0.0536. The molecule has 3 nitrogen and oxygen atoms in total. The maximum atomic E-state index is 12.8. The van der Waals surface area contributed by atoms with Crippen molar-refractivity contribution in [2.75, 3.05) is 13.1 Å². The topological polar surface area (TPSA) is 46.3 Å². The van der Waals surface area contributed by atoms with E-state index in [0.29, 0.717) is 12.5 Å². The molecule has 0 aliphatic carbocycles. The van der Waals surface area contributed by atoms with Gasteiger partial charge in [-0.1, -0.05) is 12.1 Å². The second kappa shape index (κ2) is 4.84. The van der Waals surface area contributed by atoms with Gasteiger partial charge in [0.1, 0.15) is 5.82 Å². The van der Waals surface area contributed by atoms with Gasteiger partial charge in [0.05, 0.1) is 6.54 Å². The molecule has 92 valence electrons. The third kappa shape index (κ3) is 2.47. The summed E-state index contributed by atoms with van der Waals surface area (Å²) >= 11 is 0. The molecule has 0 spiro atoms. The molecule has 1 aromatic carbocycles. The molecule has 1 heterocycles. The van der Waals surface area contributed by atoms with E-state index in [1.807, 2.05) is 11.8 Å². The lowest BCUT2D eigenvalue weighted by Crippen LogP contribution is -2.38. The number of hydrogen-bond donors (Lipinski definition) is 1. The summed E-state index contributed by atoms with van der Waals surface area (Å²) in [7, 11) is 0. The van der Waals surface area contributed by atoms with Crippen LogP contribution in [-0.4, -0.2) is 29.9 Å². The largest absolute Gasteiger partial charge is 0.338 e. The van der Waals surface area contributed by atoms with Crippen LogP contribution in [0.5, 0.6) is 0 Å². The van der Waals surface area contributed by atoms with Crippen LogP contribution in [0.3, 0.4) is 0 Å². The Hall–Kier alpha value is -1.42. The highest BCUT2D eigenvalue weighted by Crippen LogP contribution is 2.31. The summed E-state index contributed by atoms with van der Waals surface area (Å²) < 4.78 is 12.8. The number of nitrogens with two attached hydrogens (primary N) is 1. The number of halogens is 1. The first-order chi connectivity index (χ1) is 8.11. The summed E-state index contributed by atoms with van der Waals surface area (Å²) in [6, 6.07) is 6.73. The summed E-state index contributed by atoms with van der Waals surface area (Å²) in [6.07, 6.45) is 0.914. The Morgan fingerprint density at radius 3 is 2.71 bits per heavy atom. The molecule has 2 atom stereocenters. The third-order valence-electron chi connectivity index (χ3n) is 3.41. The molecule has 0 saturated carbocycles. The predicted molar refractivity (Wildman–Crippen MR) is 64.0 cm³/mol. The molecule has 1 aromatic rings. The van der Waals surface area contributed by atoms with Crippen molar-refractivity contribution < 1.29 is 9.18 Å². The number of likely N-dealkylation sites (tertiary alicyclic amines) is 1. The average molecular weight is 236 g/mol. The van der Waals surface area contributed by atoms with Gasteiger partial charge >= 0.3 is 0 Å². The van der Waals surface area contributed by atoms with Crippen LogP contribution < -0.4 is 5.73 Å². The van der Waals surface area contributed by atoms with Crippen molar-refractivity contribution in [3.8, 4) is 0 Å². The Kier molecular flexibility index (Phi) is 3.43. The van der Waals surface area contributed by atoms with Gasteiger partial charge in [-0.05, 0) is 31.0 Å². The number of carbonyl (C=O) groups is 1. The lowest BCUT2D eigenvalue weighted by Gasteiger charge is -2.20. The molecule has 17 heavy (non-hydrogen) atoms. The zero-order valence-corrected chi connectivity index (χ0v) is 9.90. The molecule has 0 unspecified atom stereocenters. The Morgan fingerprint density at radius 2 is 2.12 bits per heavy atom. The van der Waals surface area contributed by atoms with Crippen LogP contribution in [0.15, 0.2) is 24.3 Å². The number of rotatable bonds is 2. The summed E-state index contributed by atoms with van der Waals surface area (Å²) in [4.78, 5) is 13.4. The van der Waals surface area contributed by atoms with Crippen molar-refractivity contribution in [3.63, 3.8) is 0 Å². The summed E-state index contributed by atoms with van der Waals surface area (Å²) in [5, 5.41) is 0. The molecule has 2 N–H and O–H groups in total. The normalized spacial score (nSPS) is 24.1. The Labute approximate surface area is 100 Å². The Bertz CT molecular complexity index is 404. The number of nitrogens with zero attached hydrogens (tertiary/aromatic N) is 1. The maximum Gasteiger partial charge on any atom is 0.236 e. The lowest BCUT2D eigenvalue weighted by molar-refractivity contribution is -0.130. The highest BCUT2D eigenvalue weighted by atomic mass is 19.1. The van der Waals surface area contributed by atoms with E-state index in [1.54, 1.807) is 12.1 Å². The van der Waals surface area contributed by atoms with E-state index >= 15 is 0 Å². The highest BCUT2D eigenvalue weighted by Gasteiger charge is 2.32. The van der Waals surface area contributed by atoms with Gasteiger partial charge < -0.3 is 10.6 Å². The molecule has 1 aliphatic heterocycles. The van der Waals surface area contributed by atoms with E-state index in [1.165, 1.54) is 12.1 Å². The number of hydrogen-bond acceptors (Lipinski definition) is 2. The standard InChI is InChI=1S/C13H17FN2O/c1-9-6-11(8-16(9)13(17)7-15)10-2-4-12(14)5-3-10/h2-5,9,11H,6-8,15H2,1H3/t9-,11-/m1/s1. The minimum Gasteiger partial charge on any atom is -0.338 e. The average Bonchev–Trinajstić information content (AvgIpc) is 2.71. The molecule has 4 heteroatoms. The van der Waals surface area contributed by atoms with E-state index in [9.17, 15) is 9.18 Å². The van der Waals surface area contributed by atoms with Gasteiger partial charge in [0.2, 0.25) is 5.91 Å². The van der Waals surface area contributed by atoms with Gasteiger partial charge in [-0.2, -0.15) is 0 Å². The molecular formula is C13H17FN2O. The van der Waals surface area contributed by atoms with Gasteiger partial charge in [0.15, 0.2) is 0 Å². The fraction of sp³-hybridized carbons (Fsp3) is 0.462. The number of benzene rings is 1. The van der Waals surface area contributed by atoms with Gasteiger partial charge in [-0.3, -0.25) is 4.79 Å². The van der Waals surface area contributed by atoms with E-state index < -0.39 is 0 Å². The first-order valence-electron chi connectivity index (χ1n) is 5.87. The first-order valence-corrected chi connectivity index (χ1v) is 5.87. The second-order valence-electron chi connectivity index (χ2n) is 4.58. The van der Waals surface area contributed by atoms with Crippen molar-refractivity contribution in [3.05, 3.63) is 35.6 Å². The van der Waals surface area contributed by atoms with Crippen molar-refractivity contribution in [1.29, 1.82) is 0 Å². The molecule has 0 bridgehead atoms. The van der Waals surface area contributed by atoms with E-state index in [0.717, 1.165) is 12.0 Å². The van der Waals surface area contributed by atoms with Crippen LogP contribution in [0.2, 0.25) is 0 Å². The minimum atomic E-state index is -0.227. The van der Waals surface area contributed by atoms with E-state index in [4.69, 9.17) is 5.73 Å². The van der Waals surface area contributed by atoms with Crippen molar-refractivity contribution in [2.45, 2.75) is 25.3 Å². The molecule has 0 radical (unpaired) electrons. The van der Waals surface area contributed by atoms with Gasteiger partial charge in [0, 0.05) is 18.5 Å². The summed E-state index contributed by atoms with van der Waals surface area (Å²) in [6.45, 7) is 2.76. The first kappa shape index (κ1) is 12.0. The van der Waals surface area contributed by atoms with Gasteiger partial charge in [-0.15, -0.1) is 0 Å². The Morgan fingerprint density at radius 1 is 1.47 bits per heavy atom. The Balaban J connectivity index is 2.10. The van der Waals surface area contributed by atoms with Crippen molar-refractivity contribution >= 4 is 5.91 Å². The lowest BCUT2D eigenvalue weighted by atomic mass is 9.97. The zero-order chi connectivity index (χ0) is 12.4. The predicted octanol–water partition coefficient (Wildman–Crippen LogP) is 1.49. The molecule has 1 aliphatic rings. The fourth-order valence-corrected chi connectivity index (χ4v) is 2.47. The molecule has 1 fully saturated rings. The molecule has 1 saturated heterocycles. The number of carbonyl (C=O) groups excluding carboxylic acids is 1. The van der Waals surface area contributed by atoms with Crippen LogP contribution in [0.4, 0.5) is 4.39 Å². The smallest absolute Gasteiger partial charge is 0.236 e. The van der Waals surface area contributed by atoms with Crippen LogP contribution in [0.25, 0.3) is 0 Å². The fourth-order valence-electron chi connectivity index (χ4n) is 2.47. The molecule has 0 aromatic heterocycles. The molecule has 1 amide bonds. The van der Waals surface area contributed by atoms with Gasteiger partial charge in [-0.25, -0.2) is 4.39 Å². The SMILES string of the molecule is C[C@@H]1C[C@@H](c2ccc(F)cc2)CN1C(=O)CN. The van der Waals surface area contributed by atoms with Crippen molar-refractivity contribution in [1.82, 2.24) is 4.90 Å². The van der Waals surface area contributed by atoms with Crippen molar-refractivity contribution in [2.24, 2.45) is 5.73 Å². The van der Waals surface area contributed by atoms with Crippen LogP contribution in [-0.2, 0) is 4.79 Å². The minimum absolute atomic E-state index is 0.0119. The van der Waals surface area contributed by atoms with Crippen LogP contribution in [0.1, 0.15) is 24.8 Å². The molecular weight excluding hydrogens is 219 g/mol. The quantitative estimate of drug-likeness (QED) is 0.845. The number of amides is 1. The molecule has 2 rings (SSSR count). The van der Waals surface area contributed by atoms with E-state index in [-0.39, 0.29) is 24.3 Å². The maximum absolute atomic E-state index is 12.8. The summed E-state index contributed by atoms with van der Waals surface area (Å²) in [5.41, 5.74) is 6.47. The zero-order valence-electron chi connectivity index (χ0n) is 9.90. The van der Waals surface area contributed by atoms with Crippen LogP contribution >= 0.6 is 0 Å².